The van der Waals surface area contributed by atoms with Crippen molar-refractivity contribution in [1.82, 2.24) is 29.8 Å². The number of hydrogen-bond acceptors (Lipinski definition) is 6. The van der Waals surface area contributed by atoms with Gasteiger partial charge in [0, 0.05) is 25.2 Å². The van der Waals surface area contributed by atoms with E-state index in [0.717, 1.165) is 48.9 Å². The van der Waals surface area contributed by atoms with Gasteiger partial charge >= 0.3 is 0 Å². The summed E-state index contributed by atoms with van der Waals surface area (Å²) in [7, 11) is 0. The fourth-order valence-electron chi connectivity index (χ4n) is 2.99. The Labute approximate surface area is 128 Å². The van der Waals surface area contributed by atoms with Crippen LogP contribution in [0.5, 0.6) is 0 Å². The lowest BCUT2D eigenvalue weighted by Crippen LogP contribution is -2.34. The van der Waals surface area contributed by atoms with Crippen molar-refractivity contribution < 1.29 is 0 Å². The zero-order valence-corrected chi connectivity index (χ0v) is 12.4. The maximum absolute atomic E-state index is 4.55. The molecule has 7 nitrogen and oxygen atoms in total. The van der Waals surface area contributed by atoms with E-state index in [1.54, 1.807) is 12.5 Å². The lowest BCUT2D eigenvalue weighted by Gasteiger charge is -2.31. The summed E-state index contributed by atoms with van der Waals surface area (Å²) in [6.45, 7) is 3.91. The third kappa shape index (κ3) is 2.28. The van der Waals surface area contributed by atoms with Gasteiger partial charge in [0.25, 0.3) is 0 Å². The van der Waals surface area contributed by atoms with Gasteiger partial charge in [-0.2, -0.15) is 9.61 Å². The highest BCUT2D eigenvalue weighted by molar-refractivity contribution is 5.39. The summed E-state index contributed by atoms with van der Waals surface area (Å²) in [6, 6.07) is 5.89. The van der Waals surface area contributed by atoms with Crippen molar-refractivity contribution in [3.63, 3.8) is 0 Å². The maximum atomic E-state index is 4.55. The number of nitrogens with zero attached hydrogens (tertiary/aromatic N) is 7. The molecule has 0 atom stereocenters. The Morgan fingerprint density at radius 2 is 1.95 bits per heavy atom. The zero-order chi connectivity index (χ0) is 14.9. The molecule has 0 N–H and O–H groups in total. The van der Waals surface area contributed by atoms with Crippen LogP contribution in [0.4, 0.5) is 5.82 Å². The van der Waals surface area contributed by atoms with Crippen LogP contribution in [0.1, 0.15) is 30.3 Å². The minimum absolute atomic E-state index is 0.391. The Bertz CT molecular complexity index is 775. The lowest BCUT2D eigenvalue weighted by atomic mass is 9.96. The Morgan fingerprint density at radius 3 is 2.73 bits per heavy atom. The minimum atomic E-state index is 0.391. The van der Waals surface area contributed by atoms with Crippen molar-refractivity contribution in [2.24, 2.45) is 0 Å². The second kappa shape index (κ2) is 5.32. The van der Waals surface area contributed by atoms with E-state index in [1.165, 1.54) is 0 Å². The SMILES string of the molecule is Cc1ccc2nnc(C3CCN(c4ccncn4)CC3)n2n1. The molecule has 1 fully saturated rings. The predicted molar refractivity (Wildman–Crippen MR) is 81.7 cm³/mol. The molecule has 4 rings (SSSR count). The van der Waals surface area contributed by atoms with Gasteiger partial charge in [0.15, 0.2) is 11.5 Å². The number of hydrogen-bond donors (Lipinski definition) is 0. The average molecular weight is 295 g/mol. The van der Waals surface area contributed by atoms with Crippen LogP contribution in [-0.4, -0.2) is 42.9 Å². The molecule has 0 saturated carbocycles. The van der Waals surface area contributed by atoms with Gasteiger partial charge in [0.1, 0.15) is 12.1 Å². The average Bonchev–Trinajstić information content (AvgIpc) is 2.99. The van der Waals surface area contributed by atoms with E-state index in [1.807, 2.05) is 29.6 Å². The van der Waals surface area contributed by atoms with Gasteiger partial charge in [-0.3, -0.25) is 0 Å². The van der Waals surface area contributed by atoms with Crippen molar-refractivity contribution in [2.45, 2.75) is 25.7 Å². The van der Waals surface area contributed by atoms with Crippen LogP contribution in [0.25, 0.3) is 5.65 Å². The van der Waals surface area contributed by atoms with Crippen molar-refractivity contribution in [2.75, 3.05) is 18.0 Å². The molecular formula is C15H17N7. The van der Waals surface area contributed by atoms with Gasteiger partial charge in [-0.15, -0.1) is 10.2 Å². The highest BCUT2D eigenvalue weighted by atomic mass is 15.4. The molecule has 112 valence electrons. The first kappa shape index (κ1) is 13.1. The monoisotopic (exact) mass is 295 g/mol. The van der Waals surface area contributed by atoms with Crippen LogP contribution in [0.15, 0.2) is 30.7 Å². The van der Waals surface area contributed by atoms with E-state index in [2.05, 4.69) is 30.2 Å². The van der Waals surface area contributed by atoms with E-state index in [4.69, 9.17) is 0 Å². The minimum Gasteiger partial charge on any atom is -0.356 e. The molecule has 3 aromatic heterocycles. The summed E-state index contributed by atoms with van der Waals surface area (Å²) in [5.74, 6) is 2.36. The van der Waals surface area contributed by atoms with Crippen LogP contribution in [0.2, 0.25) is 0 Å². The summed E-state index contributed by atoms with van der Waals surface area (Å²) < 4.78 is 1.89. The van der Waals surface area contributed by atoms with Crippen LogP contribution in [0, 0.1) is 6.92 Å². The molecular weight excluding hydrogens is 278 g/mol. The Morgan fingerprint density at radius 1 is 1.09 bits per heavy atom. The summed E-state index contributed by atoms with van der Waals surface area (Å²) >= 11 is 0. The predicted octanol–water partition coefficient (Wildman–Crippen LogP) is 1.61. The molecule has 0 amide bonds. The molecule has 0 aromatic carbocycles. The standard InChI is InChI=1S/C15H17N7/c1-11-2-3-14-18-19-15(22(14)20-11)12-5-8-21(9-6-12)13-4-7-16-10-17-13/h2-4,7,10,12H,5-6,8-9H2,1H3. The van der Waals surface area contributed by atoms with Gasteiger partial charge < -0.3 is 4.90 Å². The highest BCUT2D eigenvalue weighted by Gasteiger charge is 2.25. The second-order valence-electron chi connectivity index (χ2n) is 5.63. The van der Waals surface area contributed by atoms with E-state index in [0.29, 0.717) is 5.92 Å². The second-order valence-corrected chi connectivity index (χ2v) is 5.63. The lowest BCUT2D eigenvalue weighted by molar-refractivity contribution is 0.474. The van der Waals surface area contributed by atoms with Crippen molar-refractivity contribution in [3.8, 4) is 0 Å². The Hall–Kier alpha value is -2.57. The largest absolute Gasteiger partial charge is 0.356 e. The summed E-state index contributed by atoms with van der Waals surface area (Å²) in [5, 5.41) is 13.1. The number of fused-ring (bicyclic) bond motifs is 1. The van der Waals surface area contributed by atoms with Crippen molar-refractivity contribution >= 4 is 11.5 Å². The van der Waals surface area contributed by atoms with Gasteiger partial charge in [-0.1, -0.05) is 0 Å². The fourth-order valence-corrected chi connectivity index (χ4v) is 2.99. The molecule has 3 aromatic rings. The smallest absolute Gasteiger partial charge is 0.177 e. The van der Waals surface area contributed by atoms with E-state index < -0.39 is 0 Å². The van der Waals surface area contributed by atoms with E-state index >= 15 is 0 Å². The molecule has 4 heterocycles. The van der Waals surface area contributed by atoms with Crippen LogP contribution >= 0.6 is 0 Å². The Balaban J connectivity index is 1.54. The Kier molecular flexibility index (Phi) is 3.17. The third-order valence-electron chi connectivity index (χ3n) is 4.17. The zero-order valence-electron chi connectivity index (χ0n) is 12.4. The summed E-state index contributed by atoms with van der Waals surface area (Å²) in [5.41, 5.74) is 1.80. The summed E-state index contributed by atoms with van der Waals surface area (Å²) in [4.78, 5) is 10.6. The third-order valence-corrected chi connectivity index (χ3v) is 4.17. The molecule has 1 saturated heterocycles. The van der Waals surface area contributed by atoms with Gasteiger partial charge in [0.05, 0.1) is 5.69 Å². The van der Waals surface area contributed by atoms with Gasteiger partial charge in [-0.25, -0.2) is 9.97 Å². The van der Waals surface area contributed by atoms with Crippen LogP contribution < -0.4 is 4.90 Å². The van der Waals surface area contributed by atoms with E-state index in [-0.39, 0.29) is 0 Å². The topological polar surface area (TPSA) is 72.1 Å². The van der Waals surface area contributed by atoms with Crippen molar-refractivity contribution in [1.29, 1.82) is 0 Å². The van der Waals surface area contributed by atoms with Crippen LogP contribution in [0.3, 0.4) is 0 Å². The first-order valence-electron chi connectivity index (χ1n) is 7.51. The normalized spacial score (nSPS) is 16.3. The van der Waals surface area contributed by atoms with E-state index in [9.17, 15) is 0 Å². The fraction of sp³-hybridized carbons (Fsp3) is 0.400. The molecule has 0 unspecified atom stereocenters. The van der Waals surface area contributed by atoms with Gasteiger partial charge in [0.2, 0.25) is 0 Å². The molecule has 7 heteroatoms. The number of anilines is 1. The molecule has 1 aliphatic heterocycles. The number of rotatable bonds is 2. The van der Waals surface area contributed by atoms with Gasteiger partial charge in [-0.05, 0) is 38.0 Å². The molecule has 0 bridgehead atoms. The summed E-state index contributed by atoms with van der Waals surface area (Å²) in [6.07, 6.45) is 5.44. The number of aromatic nitrogens is 6. The maximum Gasteiger partial charge on any atom is 0.177 e. The van der Waals surface area contributed by atoms with Crippen LogP contribution in [-0.2, 0) is 0 Å². The molecule has 1 aliphatic rings. The van der Waals surface area contributed by atoms with Crippen molar-refractivity contribution in [3.05, 3.63) is 42.2 Å². The first-order chi connectivity index (χ1) is 10.8. The quantitative estimate of drug-likeness (QED) is 0.715. The first-order valence-corrected chi connectivity index (χ1v) is 7.51. The number of aryl methyl sites for hydroxylation is 1. The number of piperidine rings is 1. The highest BCUT2D eigenvalue weighted by Crippen LogP contribution is 2.28. The molecule has 0 spiro atoms. The molecule has 22 heavy (non-hydrogen) atoms. The molecule has 0 radical (unpaired) electrons. The molecule has 0 aliphatic carbocycles.